The van der Waals surface area contributed by atoms with Crippen molar-refractivity contribution in [3.63, 3.8) is 0 Å². The summed E-state index contributed by atoms with van der Waals surface area (Å²) in [7, 11) is -2.23. The lowest BCUT2D eigenvalue weighted by atomic mass is 10.1. The molecule has 1 saturated carbocycles. The van der Waals surface area contributed by atoms with Crippen molar-refractivity contribution in [3.05, 3.63) is 126 Å². The van der Waals surface area contributed by atoms with E-state index in [4.69, 9.17) is 4.74 Å². The predicted molar refractivity (Wildman–Crippen MR) is 131 cm³/mol. The third-order valence-electron chi connectivity index (χ3n) is 5.48. The minimum absolute atomic E-state index is 1.07. The van der Waals surface area contributed by atoms with E-state index in [1.165, 1.54) is 39.9 Å². The van der Waals surface area contributed by atoms with Crippen LogP contribution in [0.2, 0.25) is 0 Å². The van der Waals surface area contributed by atoms with Gasteiger partial charge in [-0.3, -0.25) is 4.74 Å². The second-order valence-corrected chi connectivity index (χ2v) is 10.6. The van der Waals surface area contributed by atoms with E-state index in [1.807, 2.05) is 0 Å². The van der Waals surface area contributed by atoms with Crippen molar-refractivity contribution in [3.8, 4) is 0 Å². The van der Waals surface area contributed by atoms with E-state index in [2.05, 4.69) is 121 Å². The Bertz CT molecular complexity index is 1120. The van der Waals surface area contributed by atoms with Crippen molar-refractivity contribution < 1.29 is 0 Å². The van der Waals surface area contributed by atoms with Crippen molar-refractivity contribution in [1.82, 2.24) is 0 Å². The van der Waals surface area contributed by atoms with Gasteiger partial charge in [-0.25, -0.2) is 0 Å². The minimum atomic E-state index is -2.23. The Morgan fingerprint density at radius 3 is 1.43 bits per heavy atom. The van der Waals surface area contributed by atoms with Crippen molar-refractivity contribution in [2.24, 2.45) is 4.74 Å². The van der Waals surface area contributed by atoms with Crippen LogP contribution in [0.15, 0.2) is 126 Å². The average Bonchev–Trinajstić information content (AvgIpc) is 3.64. The lowest BCUT2D eigenvalue weighted by Crippen LogP contribution is -2.25. The fourth-order valence-electron chi connectivity index (χ4n) is 3.85. The van der Waals surface area contributed by atoms with E-state index in [0.29, 0.717) is 0 Å². The molecular weight excluding hydrogens is 381 g/mol. The molecular formula is C28H24NP. The van der Waals surface area contributed by atoms with Gasteiger partial charge in [-0.15, -0.1) is 0 Å². The Labute approximate surface area is 178 Å². The zero-order valence-electron chi connectivity index (χ0n) is 16.9. The first-order chi connectivity index (χ1) is 14.9. The molecule has 0 heterocycles. The lowest BCUT2D eigenvalue weighted by molar-refractivity contribution is 1.50. The van der Waals surface area contributed by atoms with Crippen LogP contribution in [0, 0.1) is 0 Å². The first kappa shape index (κ1) is 18.9. The van der Waals surface area contributed by atoms with Gasteiger partial charge < -0.3 is 0 Å². The summed E-state index contributed by atoms with van der Waals surface area (Å²) in [6.07, 6.45) is 4.75. The molecule has 0 bridgehead atoms. The summed E-state index contributed by atoms with van der Waals surface area (Å²) < 4.78 is 5.65. The molecule has 0 spiro atoms. The van der Waals surface area contributed by atoms with Gasteiger partial charge >= 0.3 is 0 Å². The fourth-order valence-corrected chi connectivity index (χ4v) is 7.41. The molecule has 0 amide bonds. The summed E-state index contributed by atoms with van der Waals surface area (Å²) in [5.74, 6) is 0. The standard InChI is InChI=1S/C28H24NP/c1-4-13-25(14-5-1)30(26-15-6-2-7-16-26,27-17-8-3-9-18-27)29-28-19-11-10-12-24(28)22-23-20-21-23/h1-19,22H,20-21H2. The van der Waals surface area contributed by atoms with Crippen LogP contribution in [0.5, 0.6) is 0 Å². The monoisotopic (exact) mass is 405 g/mol. The van der Waals surface area contributed by atoms with Gasteiger partial charge in [-0.2, -0.15) is 0 Å². The van der Waals surface area contributed by atoms with Gasteiger partial charge in [0.1, 0.15) is 0 Å². The highest BCUT2D eigenvalue weighted by Crippen LogP contribution is 2.50. The van der Waals surface area contributed by atoms with Gasteiger partial charge in [-0.1, -0.05) is 121 Å². The first-order valence-electron chi connectivity index (χ1n) is 10.4. The van der Waals surface area contributed by atoms with Gasteiger partial charge in [-0.05, 0) is 24.5 Å². The van der Waals surface area contributed by atoms with Crippen LogP contribution < -0.4 is 15.9 Å². The van der Waals surface area contributed by atoms with Gasteiger partial charge in [0.05, 0.1) is 12.7 Å². The van der Waals surface area contributed by atoms with E-state index >= 15 is 0 Å². The van der Waals surface area contributed by atoms with Crippen molar-refractivity contribution in [2.75, 3.05) is 0 Å². The minimum Gasteiger partial charge on any atom is -0.253 e. The zero-order valence-corrected chi connectivity index (χ0v) is 17.8. The van der Waals surface area contributed by atoms with E-state index in [9.17, 15) is 0 Å². The quantitative estimate of drug-likeness (QED) is 0.329. The van der Waals surface area contributed by atoms with Gasteiger partial charge in [0.15, 0.2) is 0 Å². The molecule has 0 N–H and O–H groups in total. The van der Waals surface area contributed by atoms with E-state index in [-0.39, 0.29) is 0 Å². The summed E-state index contributed by atoms with van der Waals surface area (Å²) in [4.78, 5) is 0. The second kappa shape index (κ2) is 8.30. The predicted octanol–water partition coefficient (Wildman–Crippen LogP) is 6.67. The molecule has 2 heteroatoms. The molecule has 0 unspecified atom stereocenters. The molecule has 0 atom stereocenters. The Balaban J connectivity index is 1.88. The molecule has 0 radical (unpaired) electrons. The molecule has 1 aliphatic rings. The van der Waals surface area contributed by atoms with E-state index < -0.39 is 7.05 Å². The Kier molecular flexibility index (Phi) is 5.22. The summed E-state index contributed by atoms with van der Waals surface area (Å²) >= 11 is 0. The van der Waals surface area contributed by atoms with Crippen LogP contribution >= 0.6 is 7.05 Å². The largest absolute Gasteiger partial charge is 0.253 e. The second-order valence-electron chi connectivity index (χ2n) is 7.60. The summed E-state index contributed by atoms with van der Waals surface area (Å²) in [5, 5.41) is 3.82. The van der Waals surface area contributed by atoms with Crippen LogP contribution in [0.25, 0.3) is 6.08 Å². The molecule has 30 heavy (non-hydrogen) atoms. The van der Waals surface area contributed by atoms with Crippen LogP contribution in [0.4, 0.5) is 5.69 Å². The number of benzene rings is 4. The molecule has 0 aliphatic heterocycles. The molecule has 0 saturated heterocycles. The van der Waals surface area contributed by atoms with Crippen LogP contribution in [0.3, 0.4) is 0 Å². The first-order valence-corrected chi connectivity index (χ1v) is 12.2. The SMILES string of the molecule is C(=C1CC1)c1ccccc1N=P(c1ccccc1)(c1ccccc1)c1ccccc1. The third kappa shape index (κ3) is 3.70. The van der Waals surface area contributed by atoms with Crippen LogP contribution in [0.1, 0.15) is 18.4 Å². The summed E-state index contributed by atoms with van der Waals surface area (Å²) in [6.45, 7) is 0. The van der Waals surface area contributed by atoms with Gasteiger partial charge in [0, 0.05) is 15.9 Å². The van der Waals surface area contributed by atoms with Gasteiger partial charge in [0.2, 0.25) is 0 Å². The lowest BCUT2D eigenvalue weighted by Gasteiger charge is -2.27. The molecule has 146 valence electrons. The molecule has 1 fully saturated rings. The molecule has 5 rings (SSSR count). The summed E-state index contributed by atoms with van der Waals surface area (Å²) in [6, 6.07) is 41.0. The van der Waals surface area contributed by atoms with Crippen molar-refractivity contribution in [2.45, 2.75) is 12.8 Å². The molecule has 4 aromatic carbocycles. The maximum absolute atomic E-state index is 5.65. The van der Waals surface area contributed by atoms with Crippen LogP contribution in [-0.4, -0.2) is 0 Å². The average molecular weight is 405 g/mol. The number of rotatable bonds is 5. The number of allylic oxidation sites excluding steroid dienone is 1. The molecule has 0 aromatic heterocycles. The number of hydrogen-bond acceptors (Lipinski definition) is 1. The maximum Gasteiger partial charge on any atom is 0.0697 e. The fraction of sp³-hybridized carbons (Fsp3) is 0.0714. The third-order valence-corrected chi connectivity index (χ3v) is 9.13. The number of nitrogens with zero attached hydrogens (tertiary/aromatic N) is 1. The van der Waals surface area contributed by atoms with Crippen molar-refractivity contribution >= 4 is 34.7 Å². The van der Waals surface area contributed by atoms with Crippen molar-refractivity contribution in [1.29, 1.82) is 0 Å². The van der Waals surface area contributed by atoms with E-state index in [1.54, 1.807) is 0 Å². The van der Waals surface area contributed by atoms with E-state index in [0.717, 1.165) is 5.69 Å². The van der Waals surface area contributed by atoms with Gasteiger partial charge in [0.25, 0.3) is 0 Å². The Morgan fingerprint density at radius 2 is 0.967 bits per heavy atom. The summed E-state index contributed by atoms with van der Waals surface area (Å²) in [5.41, 5.74) is 3.81. The smallest absolute Gasteiger partial charge is 0.0697 e. The van der Waals surface area contributed by atoms with Crippen LogP contribution in [-0.2, 0) is 0 Å². The molecule has 1 aliphatic carbocycles. The highest BCUT2D eigenvalue weighted by atomic mass is 31.2. The molecule has 4 aromatic rings. The Hall–Kier alpha value is -3.15. The highest BCUT2D eigenvalue weighted by molar-refractivity contribution is 7.87. The maximum atomic E-state index is 5.65. The topological polar surface area (TPSA) is 12.4 Å². The zero-order chi connectivity index (χ0) is 20.2. The number of hydrogen-bond donors (Lipinski definition) is 0. The Morgan fingerprint density at radius 1 is 0.533 bits per heavy atom. The highest BCUT2D eigenvalue weighted by Gasteiger charge is 2.27. The normalized spacial score (nSPS) is 13.0. The molecule has 1 nitrogen and oxygen atoms in total.